The summed E-state index contributed by atoms with van der Waals surface area (Å²) in [5.41, 5.74) is 2.35. The van der Waals surface area contributed by atoms with Gasteiger partial charge < -0.3 is 15.1 Å². The Labute approximate surface area is 122 Å². The summed E-state index contributed by atoms with van der Waals surface area (Å²) < 4.78 is 0. The average molecular weight is 277 g/mol. The Morgan fingerprint density at radius 3 is 2.30 bits per heavy atom. The predicted octanol–water partition coefficient (Wildman–Crippen LogP) is 2.10. The average Bonchev–Trinajstić information content (AvgIpc) is 2.45. The van der Waals surface area contributed by atoms with Crippen molar-refractivity contribution in [3.05, 3.63) is 29.8 Å². The molecule has 0 aromatic heterocycles. The van der Waals surface area contributed by atoms with Crippen molar-refractivity contribution in [1.29, 1.82) is 0 Å². The topological polar surface area (TPSA) is 35.6 Å². The van der Waals surface area contributed by atoms with Gasteiger partial charge >= 0.3 is 0 Å². The number of hydrogen-bond acceptors (Lipinski definition) is 3. The van der Waals surface area contributed by atoms with Crippen LogP contribution >= 0.6 is 0 Å². The van der Waals surface area contributed by atoms with Crippen molar-refractivity contribution in [2.24, 2.45) is 0 Å². The number of nitrogens with one attached hydrogen (secondary N) is 1. The van der Waals surface area contributed by atoms with Crippen LogP contribution in [0.15, 0.2) is 24.3 Å². The molecule has 1 aromatic rings. The second kappa shape index (κ2) is 8.59. The zero-order valence-electron chi connectivity index (χ0n) is 13.1. The molecule has 1 rings (SSSR count). The van der Waals surface area contributed by atoms with E-state index >= 15 is 0 Å². The summed E-state index contributed by atoms with van der Waals surface area (Å²) in [5, 5.41) is 3.19. The van der Waals surface area contributed by atoms with Crippen molar-refractivity contribution in [2.75, 3.05) is 38.6 Å². The maximum absolute atomic E-state index is 12.1. The Bertz CT molecular complexity index is 401. The van der Waals surface area contributed by atoms with Crippen molar-refractivity contribution < 1.29 is 4.79 Å². The molecule has 1 aromatic carbocycles. The summed E-state index contributed by atoms with van der Waals surface area (Å²) in [7, 11) is 4.05. The summed E-state index contributed by atoms with van der Waals surface area (Å²) in [6.45, 7) is 7.18. The molecule has 0 fully saturated rings. The van der Waals surface area contributed by atoms with Gasteiger partial charge in [0, 0.05) is 45.8 Å². The van der Waals surface area contributed by atoms with Crippen LogP contribution in [0.4, 0.5) is 5.69 Å². The highest BCUT2D eigenvalue weighted by Gasteiger charge is 2.11. The van der Waals surface area contributed by atoms with Gasteiger partial charge in [-0.2, -0.15) is 0 Å². The van der Waals surface area contributed by atoms with Crippen LogP contribution in [-0.4, -0.2) is 44.5 Å². The first-order valence-electron chi connectivity index (χ1n) is 7.33. The molecule has 4 nitrogen and oxygen atoms in total. The van der Waals surface area contributed by atoms with Crippen molar-refractivity contribution >= 4 is 11.6 Å². The quantitative estimate of drug-likeness (QED) is 0.739. The number of benzene rings is 1. The number of hydrogen-bond donors (Lipinski definition) is 1. The Morgan fingerprint density at radius 1 is 1.15 bits per heavy atom. The van der Waals surface area contributed by atoms with Gasteiger partial charge in [-0.3, -0.25) is 4.79 Å². The summed E-state index contributed by atoms with van der Waals surface area (Å²) in [5.74, 6) is 0.213. The molecule has 0 atom stereocenters. The summed E-state index contributed by atoms with van der Waals surface area (Å²) in [6.07, 6.45) is 0.567. The van der Waals surface area contributed by atoms with Crippen LogP contribution in [0.5, 0.6) is 0 Å². The second-order valence-electron chi connectivity index (χ2n) is 5.07. The number of carbonyl (C=O) groups is 1. The normalized spacial score (nSPS) is 10.4. The molecule has 0 aliphatic rings. The third-order valence-corrected chi connectivity index (χ3v) is 3.33. The maximum Gasteiger partial charge on any atom is 0.224 e. The predicted molar refractivity (Wildman–Crippen MR) is 85.0 cm³/mol. The van der Waals surface area contributed by atoms with Crippen LogP contribution in [0.25, 0.3) is 0 Å². The van der Waals surface area contributed by atoms with Crippen LogP contribution in [0.3, 0.4) is 0 Å². The van der Waals surface area contributed by atoms with E-state index in [1.165, 1.54) is 11.3 Å². The number of amides is 1. The highest BCUT2D eigenvalue weighted by molar-refractivity contribution is 5.76. The lowest BCUT2D eigenvalue weighted by Crippen LogP contribution is -2.32. The zero-order chi connectivity index (χ0) is 15.0. The molecule has 0 spiro atoms. The molecule has 20 heavy (non-hydrogen) atoms. The zero-order valence-corrected chi connectivity index (χ0v) is 13.1. The first-order valence-corrected chi connectivity index (χ1v) is 7.33. The van der Waals surface area contributed by atoms with E-state index in [-0.39, 0.29) is 5.91 Å². The van der Waals surface area contributed by atoms with E-state index in [1.54, 1.807) is 0 Å². The van der Waals surface area contributed by atoms with E-state index in [0.717, 1.165) is 19.6 Å². The van der Waals surface area contributed by atoms with Crippen LogP contribution in [-0.2, 0) is 11.3 Å². The van der Waals surface area contributed by atoms with Crippen molar-refractivity contribution in [3.63, 3.8) is 0 Å². The van der Waals surface area contributed by atoms with Crippen LogP contribution in [0, 0.1) is 0 Å². The largest absolute Gasteiger partial charge is 0.378 e. The van der Waals surface area contributed by atoms with E-state index in [4.69, 9.17) is 0 Å². The SMILES string of the molecule is CCNCCC(=O)N(CC)Cc1ccc(N(C)C)cc1. The number of rotatable bonds is 8. The van der Waals surface area contributed by atoms with Gasteiger partial charge in [0.25, 0.3) is 0 Å². The monoisotopic (exact) mass is 277 g/mol. The number of carbonyl (C=O) groups excluding carboxylic acids is 1. The molecule has 1 amide bonds. The first-order chi connectivity index (χ1) is 9.58. The summed E-state index contributed by atoms with van der Waals surface area (Å²) in [6, 6.07) is 8.36. The van der Waals surface area contributed by atoms with E-state index in [9.17, 15) is 4.79 Å². The third kappa shape index (κ3) is 5.21. The lowest BCUT2D eigenvalue weighted by Gasteiger charge is -2.21. The van der Waals surface area contributed by atoms with E-state index in [2.05, 4.69) is 34.5 Å². The Morgan fingerprint density at radius 2 is 1.80 bits per heavy atom. The fourth-order valence-electron chi connectivity index (χ4n) is 2.03. The van der Waals surface area contributed by atoms with Crippen LogP contribution in [0.1, 0.15) is 25.8 Å². The van der Waals surface area contributed by atoms with Gasteiger partial charge in [-0.1, -0.05) is 19.1 Å². The highest BCUT2D eigenvalue weighted by Crippen LogP contribution is 2.14. The minimum atomic E-state index is 0.213. The molecule has 0 radical (unpaired) electrons. The van der Waals surface area contributed by atoms with Gasteiger partial charge in [-0.05, 0) is 31.2 Å². The van der Waals surface area contributed by atoms with Gasteiger partial charge in [0.15, 0.2) is 0 Å². The van der Waals surface area contributed by atoms with Crippen molar-refractivity contribution in [1.82, 2.24) is 10.2 Å². The van der Waals surface area contributed by atoms with Crippen LogP contribution in [0.2, 0.25) is 0 Å². The Balaban J connectivity index is 2.56. The van der Waals surface area contributed by atoms with Crippen molar-refractivity contribution in [2.45, 2.75) is 26.8 Å². The molecular formula is C16H27N3O. The number of anilines is 1. The molecular weight excluding hydrogens is 250 g/mol. The molecule has 4 heteroatoms. The molecule has 1 N–H and O–H groups in total. The summed E-state index contributed by atoms with van der Waals surface area (Å²) in [4.78, 5) is 16.1. The fraction of sp³-hybridized carbons (Fsp3) is 0.562. The maximum atomic E-state index is 12.1. The fourth-order valence-corrected chi connectivity index (χ4v) is 2.03. The van der Waals surface area contributed by atoms with Gasteiger partial charge in [0.1, 0.15) is 0 Å². The Kier molecular flexibility index (Phi) is 7.09. The third-order valence-electron chi connectivity index (χ3n) is 3.33. The molecule has 112 valence electrons. The van der Waals surface area contributed by atoms with Gasteiger partial charge in [-0.25, -0.2) is 0 Å². The molecule has 0 unspecified atom stereocenters. The van der Waals surface area contributed by atoms with E-state index in [1.807, 2.05) is 32.8 Å². The summed E-state index contributed by atoms with van der Waals surface area (Å²) >= 11 is 0. The lowest BCUT2D eigenvalue weighted by molar-refractivity contribution is -0.131. The number of nitrogens with zero attached hydrogens (tertiary/aromatic N) is 2. The molecule has 0 aliphatic carbocycles. The first kappa shape index (κ1) is 16.5. The van der Waals surface area contributed by atoms with Gasteiger partial charge in [0.05, 0.1) is 0 Å². The lowest BCUT2D eigenvalue weighted by atomic mass is 10.2. The van der Waals surface area contributed by atoms with Crippen LogP contribution < -0.4 is 10.2 Å². The van der Waals surface area contributed by atoms with Crippen molar-refractivity contribution in [3.8, 4) is 0 Å². The standard InChI is InChI=1S/C16H27N3O/c1-5-17-12-11-16(20)19(6-2)13-14-7-9-15(10-8-14)18(3)4/h7-10,17H,5-6,11-13H2,1-4H3. The smallest absolute Gasteiger partial charge is 0.224 e. The molecule has 0 aliphatic heterocycles. The Hall–Kier alpha value is -1.55. The van der Waals surface area contributed by atoms with E-state index < -0.39 is 0 Å². The molecule has 0 saturated carbocycles. The molecule has 0 saturated heterocycles. The highest BCUT2D eigenvalue weighted by atomic mass is 16.2. The van der Waals surface area contributed by atoms with E-state index in [0.29, 0.717) is 13.0 Å². The molecule has 0 heterocycles. The van der Waals surface area contributed by atoms with Gasteiger partial charge in [0.2, 0.25) is 5.91 Å². The van der Waals surface area contributed by atoms with Gasteiger partial charge in [-0.15, -0.1) is 0 Å². The minimum absolute atomic E-state index is 0.213. The molecule has 0 bridgehead atoms. The minimum Gasteiger partial charge on any atom is -0.378 e. The second-order valence-corrected chi connectivity index (χ2v) is 5.07.